The van der Waals surface area contributed by atoms with Gasteiger partial charge in [-0.3, -0.25) is 0 Å². The summed E-state index contributed by atoms with van der Waals surface area (Å²) in [5, 5.41) is 0. The summed E-state index contributed by atoms with van der Waals surface area (Å²) in [7, 11) is 0. The zero-order chi connectivity index (χ0) is 11.4. The fourth-order valence-electron chi connectivity index (χ4n) is 1.98. The van der Waals surface area contributed by atoms with Crippen LogP contribution in [0.2, 0.25) is 0 Å². The van der Waals surface area contributed by atoms with Crippen LogP contribution in [-0.4, -0.2) is 0 Å². The second kappa shape index (κ2) is 4.98. The van der Waals surface area contributed by atoms with Crippen molar-refractivity contribution in [2.45, 2.75) is 26.2 Å². The van der Waals surface area contributed by atoms with E-state index in [1.165, 1.54) is 16.7 Å². The van der Waals surface area contributed by atoms with Crippen LogP contribution < -0.4 is 0 Å². The molecular weight excluding hydrogens is 192 g/mol. The molecule has 0 aliphatic heterocycles. The first kappa shape index (κ1) is 10.9. The maximum atomic E-state index is 3.37. The maximum Gasteiger partial charge on any atom is -0.00168 e. The van der Waals surface area contributed by atoms with Gasteiger partial charge in [0.1, 0.15) is 0 Å². The Kier molecular flexibility index (Phi) is 3.40. The molecular formula is C16H17. The molecule has 0 unspecified atom stereocenters. The molecule has 0 fully saturated rings. The van der Waals surface area contributed by atoms with Gasteiger partial charge in [-0.15, -0.1) is 0 Å². The second-order valence-electron chi connectivity index (χ2n) is 4.42. The molecule has 2 rings (SSSR count). The SMILES string of the molecule is CC(C)c1ccc[c]c1Cc1ccccc1. The third-order valence-electron chi connectivity index (χ3n) is 2.82. The summed E-state index contributed by atoms with van der Waals surface area (Å²) >= 11 is 0. The van der Waals surface area contributed by atoms with Crippen LogP contribution in [0.5, 0.6) is 0 Å². The highest BCUT2D eigenvalue weighted by atomic mass is 14.1. The van der Waals surface area contributed by atoms with Crippen LogP contribution in [0.4, 0.5) is 0 Å². The van der Waals surface area contributed by atoms with Gasteiger partial charge in [0.05, 0.1) is 0 Å². The molecule has 0 heterocycles. The first-order valence-electron chi connectivity index (χ1n) is 5.81. The quantitative estimate of drug-likeness (QED) is 0.710. The van der Waals surface area contributed by atoms with E-state index in [9.17, 15) is 0 Å². The standard InChI is InChI=1S/C16H17/c1-13(2)16-11-7-6-10-15(16)12-14-8-4-3-5-9-14/h3-9,11,13H,12H2,1-2H3. The lowest BCUT2D eigenvalue weighted by molar-refractivity contribution is 0.847. The summed E-state index contributed by atoms with van der Waals surface area (Å²) in [5.41, 5.74) is 4.09. The number of benzene rings is 2. The molecule has 0 saturated carbocycles. The Hall–Kier alpha value is -1.56. The predicted octanol–water partition coefficient (Wildman–Crippen LogP) is 4.20. The van der Waals surface area contributed by atoms with E-state index in [-0.39, 0.29) is 0 Å². The molecule has 16 heavy (non-hydrogen) atoms. The molecule has 0 amide bonds. The smallest absolute Gasteiger partial charge is 0.00168 e. The van der Waals surface area contributed by atoms with Gasteiger partial charge in [0, 0.05) is 0 Å². The summed E-state index contributed by atoms with van der Waals surface area (Å²) in [5.74, 6) is 0.566. The second-order valence-corrected chi connectivity index (χ2v) is 4.42. The average molecular weight is 209 g/mol. The van der Waals surface area contributed by atoms with Gasteiger partial charge < -0.3 is 0 Å². The van der Waals surface area contributed by atoms with Crippen molar-refractivity contribution in [3.8, 4) is 0 Å². The Morgan fingerprint density at radius 3 is 2.44 bits per heavy atom. The molecule has 1 radical (unpaired) electrons. The highest BCUT2D eigenvalue weighted by Crippen LogP contribution is 2.21. The van der Waals surface area contributed by atoms with E-state index in [0.29, 0.717) is 5.92 Å². The van der Waals surface area contributed by atoms with E-state index in [0.717, 1.165) is 6.42 Å². The molecule has 0 aliphatic rings. The van der Waals surface area contributed by atoms with Crippen LogP contribution >= 0.6 is 0 Å². The van der Waals surface area contributed by atoms with Crippen molar-refractivity contribution in [1.82, 2.24) is 0 Å². The number of rotatable bonds is 3. The van der Waals surface area contributed by atoms with Crippen LogP contribution in [-0.2, 0) is 6.42 Å². The third kappa shape index (κ3) is 2.52. The maximum absolute atomic E-state index is 3.37. The molecule has 0 aliphatic carbocycles. The van der Waals surface area contributed by atoms with Gasteiger partial charge in [-0.05, 0) is 35.1 Å². The lowest BCUT2D eigenvalue weighted by Crippen LogP contribution is -1.97. The molecule has 2 aromatic rings. The molecule has 2 aromatic carbocycles. The molecule has 0 aromatic heterocycles. The van der Waals surface area contributed by atoms with Crippen molar-refractivity contribution < 1.29 is 0 Å². The zero-order valence-electron chi connectivity index (χ0n) is 9.90. The van der Waals surface area contributed by atoms with Gasteiger partial charge in [0.2, 0.25) is 0 Å². The fraction of sp³-hybridized carbons (Fsp3) is 0.250. The Balaban J connectivity index is 2.28. The molecule has 0 N–H and O–H groups in total. The summed E-state index contributed by atoms with van der Waals surface area (Å²) in [6, 6.07) is 20.2. The minimum absolute atomic E-state index is 0.566. The van der Waals surface area contributed by atoms with Crippen LogP contribution in [0, 0.1) is 6.07 Å². The first-order chi connectivity index (χ1) is 7.77. The summed E-state index contributed by atoms with van der Waals surface area (Å²) < 4.78 is 0. The largest absolute Gasteiger partial charge is 0.0622 e. The van der Waals surface area contributed by atoms with Gasteiger partial charge in [-0.25, -0.2) is 0 Å². The predicted molar refractivity (Wildman–Crippen MR) is 68.6 cm³/mol. The fourth-order valence-corrected chi connectivity index (χ4v) is 1.98. The van der Waals surface area contributed by atoms with Crippen LogP contribution in [0.25, 0.3) is 0 Å². The zero-order valence-corrected chi connectivity index (χ0v) is 9.90. The van der Waals surface area contributed by atoms with E-state index in [2.05, 4.69) is 62.4 Å². The molecule has 0 heteroatoms. The van der Waals surface area contributed by atoms with Crippen LogP contribution in [0.3, 0.4) is 0 Å². The van der Waals surface area contributed by atoms with Gasteiger partial charge in [-0.1, -0.05) is 62.4 Å². The first-order valence-corrected chi connectivity index (χ1v) is 5.81. The van der Waals surface area contributed by atoms with Gasteiger partial charge in [0.15, 0.2) is 0 Å². The lowest BCUT2D eigenvalue weighted by atomic mass is 9.93. The third-order valence-corrected chi connectivity index (χ3v) is 2.82. The average Bonchev–Trinajstić information content (AvgIpc) is 2.31. The normalized spacial score (nSPS) is 10.7. The van der Waals surface area contributed by atoms with Gasteiger partial charge in [-0.2, -0.15) is 0 Å². The minimum atomic E-state index is 0.566. The van der Waals surface area contributed by atoms with Crippen LogP contribution in [0.15, 0.2) is 48.5 Å². The topological polar surface area (TPSA) is 0 Å². The van der Waals surface area contributed by atoms with E-state index in [4.69, 9.17) is 0 Å². The number of hydrogen-bond donors (Lipinski definition) is 0. The molecule has 0 spiro atoms. The number of hydrogen-bond acceptors (Lipinski definition) is 0. The van der Waals surface area contributed by atoms with E-state index < -0.39 is 0 Å². The van der Waals surface area contributed by atoms with Crippen molar-refractivity contribution in [2.24, 2.45) is 0 Å². The minimum Gasteiger partial charge on any atom is -0.0622 e. The Morgan fingerprint density at radius 1 is 1.00 bits per heavy atom. The summed E-state index contributed by atoms with van der Waals surface area (Å²) in [6.45, 7) is 4.47. The van der Waals surface area contributed by atoms with Crippen molar-refractivity contribution in [2.75, 3.05) is 0 Å². The van der Waals surface area contributed by atoms with Crippen molar-refractivity contribution >= 4 is 0 Å². The summed E-state index contributed by atoms with van der Waals surface area (Å²) in [6.07, 6.45) is 0.981. The van der Waals surface area contributed by atoms with E-state index >= 15 is 0 Å². The Labute approximate surface area is 97.9 Å². The van der Waals surface area contributed by atoms with Crippen molar-refractivity contribution in [3.05, 3.63) is 71.3 Å². The van der Waals surface area contributed by atoms with Gasteiger partial charge >= 0.3 is 0 Å². The van der Waals surface area contributed by atoms with Crippen LogP contribution in [0.1, 0.15) is 36.5 Å². The molecule has 0 bridgehead atoms. The monoisotopic (exact) mass is 209 g/mol. The van der Waals surface area contributed by atoms with Gasteiger partial charge in [0.25, 0.3) is 0 Å². The Morgan fingerprint density at radius 2 is 1.75 bits per heavy atom. The Bertz CT molecular complexity index is 441. The van der Waals surface area contributed by atoms with E-state index in [1.807, 2.05) is 6.07 Å². The molecule has 81 valence electrons. The summed E-state index contributed by atoms with van der Waals surface area (Å²) in [4.78, 5) is 0. The lowest BCUT2D eigenvalue weighted by Gasteiger charge is -2.12. The van der Waals surface area contributed by atoms with E-state index in [1.54, 1.807) is 0 Å². The highest BCUT2D eigenvalue weighted by Gasteiger charge is 2.06. The molecule has 0 atom stereocenters. The molecule has 0 saturated heterocycles. The highest BCUT2D eigenvalue weighted by molar-refractivity contribution is 5.33. The van der Waals surface area contributed by atoms with Crippen molar-refractivity contribution in [3.63, 3.8) is 0 Å². The van der Waals surface area contributed by atoms with Crippen molar-refractivity contribution in [1.29, 1.82) is 0 Å². The molecule has 0 nitrogen and oxygen atoms in total.